The van der Waals surface area contributed by atoms with Crippen LogP contribution in [0.1, 0.15) is 15.9 Å². The number of alkyl halides is 3. The van der Waals surface area contributed by atoms with Crippen molar-refractivity contribution >= 4 is 17.6 Å². The van der Waals surface area contributed by atoms with E-state index in [1.54, 1.807) is 23.1 Å². The van der Waals surface area contributed by atoms with Crippen LogP contribution in [0.2, 0.25) is 0 Å². The van der Waals surface area contributed by atoms with E-state index in [-0.39, 0.29) is 11.3 Å². The van der Waals surface area contributed by atoms with Crippen molar-refractivity contribution in [3.63, 3.8) is 0 Å². The Bertz CT molecular complexity index is 893. The second kappa shape index (κ2) is 8.42. The highest BCUT2D eigenvalue weighted by atomic mass is 19.4. The third kappa shape index (κ3) is 4.98. The molecule has 154 valence electrons. The van der Waals surface area contributed by atoms with Crippen molar-refractivity contribution in [3.8, 4) is 5.75 Å². The summed E-state index contributed by atoms with van der Waals surface area (Å²) in [6.45, 7) is 0.837. The molecule has 0 aromatic heterocycles. The van der Waals surface area contributed by atoms with E-state index in [4.69, 9.17) is 4.74 Å². The number of carbonyl (C=O) groups is 2. The number of amides is 1. The Labute approximate surface area is 165 Å². The lowest BCUT2D eigenvalue weighted by Crippen LogP contribution is -2.50. The zero-order valence-electron chi connectivity index (χ0n) is 15.4. The van der Waals surface area contributed by atoms with Crippen LogP contribution in [-0.2, 0) is 15.7 Å². The number of hydrogen-bond acceptors (Lipinski definition) is 5. The molecule has 0 aliphatic carbocycles. The summed E-state index contributed by atoms with van der Waals surface area (Å²) in [5, 5.41) is 9.63. The molecule has 2 aromatic carbocycles. The maximum Gasteiger partial charge on any atom is 0.416 e. The maximum atomic E-state index is 12.9. The largest absolute Gasteiger partial charge is 0.507 e. The van der Waals surface area contributed by atoms with Crippen molar-refractivity contribution in [2.45, 2.75) is 6.18 Å². The Morgan fingerprint density at radius 2 is 1.69 bits per heavy atom. The first-order valence-electron chi connectivity index (χ1n) is 8.91. The van der Waals surface area contributed by atoms with Crippen molar-refractivity contribution < 1.29 is 32.6 Å². The highest BCUT2D eigenvalue weighted by Gasteiger charge is 2.31. The van der Waals surface area contributed by atoms with Gasteiger partial charge < -0.3 is 19.6 Å². The van der Waals surface area contributed by atoms with E-state index >= 15 is 0 Å². The number of benzene rings is 2. The summed E-state index contributed by atoms with van der Waals surface area (Å²) in [5.74, 6) is -1.45. The quantitative estimate of drug-likeness (QED) is 0.788. The van der Waals surface area contributed by atoms with Gasteiger partial charge in [-0.15, -0.1) is 0 Å². The first kappa shape index (κ1) is 20.5. The molecule has 6 nitrogen and oxygen atoms in total. The molecular formula is C20H19F3N2O4. The van der Waals surface area contributed by atoms with Gasteiger partial charge in [0.15, 0.2) is 6.61 Å². The number of hydrogen-bond donors (Lipinski definition) is 1. The van der Waals surface area contributed by atoms with Crippen molar-refractivity contribution in [2.75, 3.05) is 37.7 Å². The number of halogens is 3. The molecule has 1 N–H and O–H groups in total. The van der Waals surface area contributed by atoms with Gasteiger partial charge in [0, 0.05) is 31.9 Å². The van der Waals surface area contributed by atoms with Gasteiger partial charge in [-0.25, -0.2) is 4.79 Å². The maximum absolute atomic E-state index is 12.9. The minimum absolute atomic E-state index is 0.0327. The molecule has 3 rings (SSSR count). The van der Waals surface area contributed by atoms with E-state index in [1.165, 1.54) is 23.1 Å². The number of para-hydroxylation sites is 1. The molecule has 1 amide bonds. The zero-order valence-corrected chi connectivity index (χ0v) is 15.4. The highest BCUT2D eigenvalue weighted by molar-refractivity contribution is 5.93. The minimum Gasteiger partial charge on any atom is -0.507 e. The van der Waals surface area contributed by atoms with Crippen LogP contribution < -0.4 is 4.90 Å². The summed E-state index contributed by atoms with van der Waals surface area (Å²) in [4.78, 5) is 27.5. The van der Waals surface area contributed by atoms with Gasteiger partial charge in [-0.2, -0.15) is 13.2 Å². The summed E-state index contributed by atoms with van der Waals surface area (Å²) < 4.78 is 43.6. The smallest absolute Gasteiger partial charge is 0.416 e. The van der Waals surface area contributed by atoms with Gasteiger partial charge in [-0.3, -0.25) is 4.79 Å². The topological polar surface area (TPSA) is 70.1 Å². The predicted octanol–water partition coefficient (Wildman–Crippen LogP) is 2.92. The number of rotatable bonds is 4. The molecule has 0 saturated carbocycles. The number of phenols is 1. The lowest BCUT2D eigenvalue weighted by molar-refractivity contribution is -0.137. The molecular weight excluding hydrogens is 389 g/mol. The number of nitrogens with zero attached hydrogens (tertiary/aromatic N) is 2. The fourth-order valence-electron chi connectivity index (χ4n) is 3.04. The Hall–Kier alpha value is -3.23. The van der Waals surface area contributed by atoms with Crippen LogP contribution >= 0.6 is 0 Å². The average molecular weight is 408 g/mol. The second-order valence-electron chi connectivity index (χ2n) is 6.51. The molecule has 9 heteroatoms. The molecule has 29 heavy (non-hydrogen) atoms. The Morgan fingerprint density at radius 1 is 1.00 bits per heavy atom. The van der Waals surface area contributed by atoms with E-state index in [0.29, 0.717) is 31.9 Å². The molecule has 1 aliphatic heterocycles. The summed E-state index contributed by atoms with van der Waals surface area (Å²) in [6.07, 6.45) is -4.41. The zero-order chi connectivity index (χ0) is 21.0. The van der Waals surface area contributed by atoms with Crippen LogP contribution in [0.15, 0.2) is 48.5 Å². The third-order valence-corrected chi connectivity index (χ3v) is 4.62. The van der Waals surface area contributed by atoms with Crippen LogP contribution in [0.5, 0.6) is 5.75 Å². The van der Waals surface area contributed by atoms with E-state index in [9.17, 15) is 27.9 Å². The van der Waals surface area contributed by atoms with Crippen LogP contribution in [0.25, 0.3) is 0 Å². The number of ether oxygens (including phenoxy) is 1. The lowest BCUT2D eigenvalue weighted by Gasteiger charge is -2.36. The number of phenolic OH excluding ortho intramolecular Hbond substituents is 1. The molecule has 1 aliphatic rings. The van der Waals surface area contributed by atoms with Crippen molar-refractivity contribution in [1.82, 2.24) is 4.90 Å². The van der Waals surface area contributed by atoms with E-state index < -0.39 is 30.2 Å². The van der Waals surface area contributed by atoms with Crippen molar-refractivity contribution in [3.05, 3.63) is 59.7 Å². The Kier molecular flexibility index (Phi) is 5.95. The first-order valence-corrected chi connectivity index (χ1v) is 8.91. The number of piperazine rings is 1. The van der Waals surface area contributed by atoms with Gasteiger partial charge in [-0.1, -0.05) is 18.2 Å². The molecule has 1 fully saturated rings. The van der Waals surface area contributed by atoms with Crippen molar-refractivity contribution in [2.24, 2.45) is 0 Å². The van der Waals surface area contributed by atoms with Crippen LogP contribution in [-0.4, -0.2) is 54.7 Å². The average Bonchev–Trinajstić information content (AvgIpc) is 2.71. The van der Waals surface area contributed by atoms with E-state index in [0.717, 1.165) is 12.1 Å². The van der Waals surface area contributed by atoms with Gasteiger partial charge in [-0.05, 0) is 30.3 Å². The molecule has 0 radical (unpaired) electrons. The number of carbonyl (C=O) groups excluding carboxylic acids is 2. The third-order valence-electron chi connectivity index (χ3n) is 4.62. The van der Waals surface area contributed by atoms with Gasteiger partial charge in [0.1, 0.15) is 11.3 Å². The standard InChI is InChI=1S/C20H19F3N2O4/c21-20(22,23)14-4-3-5-15(12-14)24-8-10-25(11-9-24)18(27)13-29-19(28)16-6-1-2-7-17(16)26/h1-7,12,26H,8-11,13H2. The fourth-order valence-corrected chi connectivity index (χ4v) is 3.04. The minimum atomic E-state index is -4.41. The first-order chi connectivity index (χ1) is 13.8. The Balaban J connectivity index is 1.52. The molecule has 2 aromatic rings. The summed E-state index contributed by atoms with van der Waals surface area (Å²) in [7, 11) is 0. The SMILES string of the molecule is O=C(OCC(=O)N1CCN(c2cccc(C(F)(F)F)c2)CC1)c1ccccc1O. The fraction of sp³-hybridized carbons (Fsp3) is 0.300. The van der Waals surface area contributed by atoms with E-state index in [1.807, 2.05) is 0 Å². The highest BCUT2D eigenvalue weighted by Crippen LogP contribution is 2.31. The Morgan fingerprint density at radius 3 is 2.34 bits per heavy atom. The number of anilines is 1. The monoisotopic (exact) mass is 408 g/mol. The van der Waals surface area contributed by atoms with E-state index in [2.05, 4.69) is 0 Å². The van der Waals surface area contributed by atoms with Crippen LogP contribution in [0.4, 0.5) is 18.9 Å². The number of esters is 1. The molecule has 1 heterocycles. The number of aromatic hydroxyl groups is 1. The van der Waals surface area contributed by atoms with Crippen LogP contribution in [0, 0.1) is 0 Å². The van der Waals surface area contributed by atoms with Crippen molar-refractivity contribution in [1.29, 1.82) is 0 Å². The normalized spacial score (nSPS) is 14.6. The van der Waals surface area contributed by atoms with Gasteiger partial charge in [0.05, 0.1) is 5.56 Å². The molecule has 0 atom stereocenters. The van der Waals surface area contributed by atoms with Gasteiger partial charge in [0.25, 0.3) is 5.91 Å². The van der Waals surface area contributed by atoms with Gasteiger partial charge >= 0.3 is 12.1 Å². The molecule has 1 saturated heterocycles. The summed E-state index contributed by atoms with van der Waals surface area (Å²) >= 11 is 0. The van der Waals surface area contributed by atoms with Crippen LogP contribution in [0.3, 0.4) is 0 Å². The second-order valence-corrected chi connectivity index (χ2v) is 6.51. The van der Waals surface area contributed by atoms with Gasteiger partial charge in [0.2, 0.25) is 0 Å². The summed E-state index contributed by atoms with van der Waals surface area (Å²) in [6, 6.07) is 10.9. The predicted molar refractivity (Wildman–Crippen MR) is 98.6 cm³/mol. The molecule has 0 spiro atoms. The molecule has 0 unspecified atom stereocenters. The lowest BCUT2D eigenvalue weighted by atomic mass is 10.1. The molecule has 0 bridgehead atoms. The summed E-state index contributed by atoms with van der Waals surface area (Å²) in [5.41, 5.74) is -0.308.